The van der Waals surface area contributed by atoms with Crippen molar-refractivity contribution in [2.24, 2.45) is 0 Å². The molecule has 0 unspecified atom stereocenters. The smallest absolute Gasteiger partial charge is 0.275 e. The third-order valence-electron chi connectivity index (χ3n) is 4.00. The number of benzene rings is 1. The molecule has 1 aliphatic rings. The van der Waals surface area contributed by atoms with Crippen LogP contribution in [-0.2, 0) is 0 Å². The summed E-state index contributed by atoms with van der Waals surface area (Å²) in [6, 6.07) is 5.05. The first-order chi connectivity index (χ1) is 11.6. The molecule has 0 radical (unpaired) electrons. The fraction of sp³-hybridized carbons (Fsp3) is 0.353. The van der Waals surface area contributed by atoms with E-state index in [1.54, 1.807) is 24.4 Å². The second kappa shape index (κ2) is 7.81. The molecule has 0 saturated carbocycles. The van der Waals surface area contributed by atoms with Crippen LogP contribution in [0.5, 0.6) is 0 Å². The largest absolute Gasteiger partial charge is 0.355 e. The molecule has 7 heteroatoms. The van der Waals surface area contributed by atoms with E-state index >= 15 is 0 Å². The van der Waals surface area contributed by atoms with Crippen molar-refractivity contribution >= 4 is 40.6 Å². The standard InChI is InChI=1S/C17H18Cl2N4O/c18-12-6-5-7-13(19)16(12)22-17(24)14-10-21-15(11-20-14)23-8-3-1-2-4-9-23/h5-7,10-11H,1-4,8-9H2,(H,22,24). The predicted molar refractivity (Wildman–Crippen MR) is 97.1 cm³/mol. The second-order valence-corrected chi connectivity index (χ2v) is 6.53. The SMILES string of the molecule is O=C(Nc1c(Cl)cccc1Cl)c1cnc(N2CCCCCC2)cn1. The van der Waals surface area contributed by atoms with Gasteiger partial charge < -0.3 is 10.2 Å². The normalized spacial score (nSPS) is 15.0. The van der Waals surface area contributed by atoms with Gasteiger partial charge in [0, 0.05) is 13.1 Å². The Morgan fingerprint density at radius 1 is 1.00 bits per heavy atom. The van der Waals surface area contributed by atoms with Crippen molar-refractivity contribution in [3.63, 3.8) is 0 Å². The average Bonchev–Trinajstić information content (AvgIpc) is 2.88. The van der Waals surface area contributed by atoms with Gasteiger partial charge in [0.2, 0.25) is 0 Å². The molecule has 5 nitrogen and oxygen atoms in total. The molecule has 1 amide bonds. The molecule has 1 aromatic heterocycles. The molecule has 2 aromatic rings. The summed E-state index contributed by atoms with van der Waals surface area (Å²) >= 11 is 12.1. The monoisotopic (exact) mass is 364 g/mol. The Kier molecular flexibility index (Phi) is 5.53. The summed E-state index contributed by atoms with van der Waals surface area (Å²) in [7, 11) is 0. The van der Waals surface area contributed by atoms with Gasteiger partial charge >= 0.3 is 0 Å². The minimum Gasteiger partial charge on any atom is -0.355 e. The van der Waals surface area contributed by atoms with Crippen molar-refractivity contribution in [1.82, 2.24) is 9.97 Å². The lowest BCUT2D eigenvalue weighted by Crippen LogP contribution is -2.25. The summed E-state index contributed by atoms with van der Waals surface area (Å²) in [5.41, 5.74) is 0.605. The zero-order valence-electron chi connectivity index (χ0n) is 13.1. The van der Waals surface area contributed by atoms with Crippen LogP contribution in [0.2, 0.25) is 10.0 Å². The minimum atomic E-state index is -0.389. The van der Waals surface area contributed by atoms with Gasteiger partial charge in [0.1, 0.15) is 11.5 Å². The molecule has 0 bridgehead atoms. The summed E-state index contributed by atoms with van der Waals surface area (Å²) < 4.78 is 0. The van der Waals surface area contributed by atoms with Crippen LogP contribution in [-0.4, -0.2) is 29.0 Å². The number of nitrogens with one attached hydrogen (secondary N) is 1. The quantitative estimate of drug-likeness (QED) is 0.875. The number of nitrogens with zero attached hydrogens (tertiary/aromatic N) is 3. The number of amides is 1. The highest BCUT2D eigenvalue weighted by molar-refractivity contribution is 6.39. The number of rotatable bonds is 3. The van der Waals surface area contributed by atoms with Crippen LogP contribution in [0.25, 0.3) is 0 Å². The molecular weight excluding hydrogens is 347 g/mol. The van der Waals surface area contributed by atoms with Crippen LogP contribution >= 0.6 is 23.2 Å². The Balaban J connectivity index is 1.72. The number of carbonyl (C=O) groups excluding carboxylic acids is 1. The summed E-state index contributed by atoms with van der Waals surface area (Å²) in [4.78, 5) is 23.2. The van der Waals surface area contributed by atoms with Gasteiger partial charge in [-0.15, -0.1) is 0 Å². The van der Waals surface area contributed by atoms with Gasteiger partial charge in [0.15, 0.2) is 0 Å². The Hall–Kier alpha value is -1.85. The summed E-state index contributed by atoms with van der Waals surface area (Å²) in [6.45, 7) is 1.96. The fourth-order valence-electron chi connectivity index (χ4n) is 2.70. The van der Waals surface area contributed by atoms with Crippen LogP contribution < -0.4 is 10.2 Å². The number of hydrogen-bond donors (Lipinski definition) is 1. The van der Waals surface area contributed by atoms with Crippen molar-refractivity contribution in [2.75, 3.05) is 23.3 Å². The van der Waals surface area contributed by atoms with Crippen LogP contribution in [0.4, 0.5) is 11.5 Å². The van der Waals surface area contributed by atoms with Crippen LogP contribution in [0.15, 0.2) is 30.6 Å². The van der Waals surface area contributed by atoms with Crippen LogP contribution in [0.1, 0.15) is 36.2 Å². The maximum atomic E-state index is 12.3. The molecule has 0 aliphatic carbocycles. The van der Waals surface area contributed by atoms with Crippen molar-refractivity contribution < 1.29 is 4.79 Å². The van der Waals surface area contributed by atoms with Crippen molar-refractivity contribution in [2.45, 2.75) is 25.7 Å². The molecule has 0 spiro atoms. The molecule has 3 rings (SSSR count). The van der Waals surface area contributed by atoms with Gasteiger partial charge in [0.05, 0.1) is 28.1 Å². The molecule has 1 N–H and O–H groups in total. The number of aromatic nitrogens is 2. The predicted octanol–water partition coefficient (Wildman–Crippen LogP) is 4.42. The lowest BCUT2D eigenvalue weighted by atomic mass is 10.2. The third-order valence-corrected chi connectivity index (χ3v) is 4.63. The van der Waals surface area contributed by atoms with E-state index in [1.165, 1.54) is 19.0 Å². The Bertz CT molecular complexity index is 693. The molecule has 1 aromatic carbocycles. The van der Waals surface area contributed by atoms with E-state index in [-0.39, 0.29) is 11.6 Å². The van der Waals surface area contributed by atoms with E-state index in [0.29, 0.717) is 15.7 Å². The highest BCUT2D eigenvalue weighted by Crippen LogP contribution is 2.30. The topological polar surface area (TPSA) is 58.1 Å². The Morgan fingerprint density at radius 2 is 1.67 bits per heavy atom. The summed E-state index contributed by atoms with van der Waals surface area (Å²) in [5.74, 6) is 0.421. The van der Waals surface area contributed by atoms with Crippen molar-refractivity contribution in [1.29, 1.82) is 0 Å². The Morgan fingerprint density at radius 3 is 2.25 bits per heavy atom. The van der Waals surface area contributed by atoms with Gasteiger partial charge in [0.25, 0.3) is 5.91 Å². The third kappa shape index (κ3) is 3.97. The van der Waals surface area contributed by atoms with Crippen LogP contribution in [0.3, 0.4) is 0 Å². The van der Waals surface area contributed by atoms with E-state index in [1.807, 2.05) is 0 Å². The number of halogens is 2. The highest BCUT2D eigenvalue weighted by Gasteiger charge is 2.15. The first-order valence-corrected chi connectivity index (χ1v) is 8.73. The molecule has 1 saturated heterocycles. The van der Waals surface area contributed by atoms with Gasteiger partial charge in [-0.2, -0.15) is 0 Å². The second-order valence-electron chi connectivity index (χ2n) is 5.71. The summed E-state index contributed by atoms with van der Waals surface area (Å²) in [6.07, 6.45) is 7.96. The molecule has 2 heterocycles. The van der Waals surface area contributed by atoms with Crippen molar-refractivity contribution in [3.05, 3.63) is 46.3 Å². The Labute approximate surface area is 151 Å². The molecule has 1 fully saturated rings. The maximum absolute atomic E-state index is 12.3. The fourth-order valence-corrected chi connectivity index (χ4v) is 3.19. The average molecular weight is 365 g/mol. The lowest BCUT2D eigenvalue weighted by molar-refractivity contribution is 0.102. The van der Waals surface area contributed by atoms with Crippen LogP contribution in [0, 0.1) is 0 Å². The van der Waals surface area contributed by atoms with Gasteiger partial charge in [-0.1, -0.05) is 42.1 Å². The molecule has 1 aliphatic heterocycles. The minimum absolute atomic E-state index is 0.226. The zero-order chi connectivity index (χ0) is 16.9. The van der Waals surface area contributed by atoms with E-state index in [0.717, 1.165) is 31.7 Å². The van der Waals surface area contributed by atoms with Crippen molar-refractivity contribution in [3.8, 4) is 0 Å². The van der Waals surface area contributed by atoms with Gasteiger partial charge in [-0.3, -0.25) is 4.79 Å². The number of hydrogen-bond acceptors (Lipinski definition) is 4. The molecule has 126 valence electrons. The molecule has 0 atom stereocenters. The van der Waals surface area contributed by atoms with E-state index in [9.17, 15) is 4.79 Å². The van der Waals surface area contributed by atoms with E-state index in [2.05, 4.69) is 20.2 Å². The number of carbonyl (C=O) groups is 1. The number of anilines is 2. The number of para-hydroxylation sites is 1. The molecular formula is C17H18Cl2N4O. The molecule has 24 heavy (non-hydrogen) atoms. The summed E-state index contributed by atoms with van der Waals surface area (Å²) in [5, 5.41) is 3.44. The first-order valence-electron chi connectivity index (χ1n) is 7.97. The lowest BCUT2D eigenvalue weighted by Gasteiger charge is -2.20. The maximum Gasteiger partial charge on any atom is 0.275 e. The van der Waals surface area contributed by atoms with Gasteiger partial charge in [-0.25, -0.2) is 9.97 Å². The van der Waals surface area contributed by atoms with E-state index in [4.69, 9.17) is 23.2 Å². The first kappa shape index (κ1) is 17.0. The zero-order valence-corrected chi connectivity index (χ0v) is 14.6. The van der Waals surface area contributed by atoms with Gasteiger partial charge in [-0.05, 0) is 25.0 Å². The highest BCUT2D eigenvalue weighted by atomic mass is 35.5. The van der Waals surface area contributed by atoms with E-state index < -0.39 is 0 Å².